The Morgan fingerprint density at radius 1 is 0.968 bits per heavy atom. The zero-order chi connectivity index (χ0) is 21.4. The fourth-order valence-electron chi connectivity index (χ4n) is 4.38. The first kappa shape index (κ1) is 19.5. The van der Waals surface area contributed by atoms with Gasteiger partial charge >= 0.3 is 0 Å². The molecule has 2 N–H and O–H groups in total. The van der Waals surface area contributed by atoms with Crippen molar-refractivity contribution >= 4 is 11.3 Å². The second-order valence-corrected chi connectivity index (χ2v) is 7.90. The van der Waals surface area contributed by atoms with Crippen molar-refractivity contribution in [2.45, 2.75) is 19.5 Å². The average Bonchev–Trinajstić information content (AvgIpc) is 3.16. The summed E-state index contributed by atoms with van der Waals surface area (Å²) in [5.41, 5.74) is 13.6. The fraction of sp³-hybridized carbons (Fsp3) is 0.240. The Bertz CT molecular complexity index is 1250. The number of rotatable bonds is 5. The molecule has 0 aliphatic carbocycles. The summed E-state index contributed by atoms with van der Waals surface area (Å²) >= 11 is 0. The van der Waals surface area contributed by atoms with Crippen molar-refractivity contribution in [3.05, 3.63) is 77.6 Å². The Labute approximate surface area is 181 Å². The van der Waals surface area contributed by atoms with Crippen molar-refractivity contribution in [3.8, 4) is 22.8 Å². The summed E-state index contributed by atoms with van der Waals surface area (Å²) in [6.45, 7) is 2.72. The molecule has 158 valence electrons. The molecule has 0 saturated heterocycles. The summed E-state index contributed by atoms with van der Waals surface area (Å²) in [5.74, 6) is 1.39. The molecule has 0 saturated carbocycles. The minimum absolute atomic E-state index is 0.689. The van der Waals surface area contributed by atoms with E-state index in [1.165, 1.54) is 11.1 Å². The summed E-state index contributed by atoms with van der Waals surface area (Å²) in [4.78, 5) is 7.42. The molecule has 1 aliphatic heterocycles. The van der Waals surface area contributed by atoms with Gasteiger partial charge in [0.25, 0.3) is 0 Å². The standard InChI is InChI=1S/C25H26N4O2/c1-30-22-9-7-18(13-23(22)31-2)25-21(29-15-20(26)8-10-24(29)27-25)16-28-12-11-17-5-3-4-6-19(17)14-28/h3-10,13,15H,11-12,14,16,26H2,1-2H3. The third kappa shape index (κ3) is 3.59. The first-order valence-corrected chi connectivity index (χ1v) is 10.4. The fourth-order valence-corrected chi connectivity index (χ4v) is 4.38. The zero-order valence-corrected chi connectivity index (χ0v) is 17.8. The number of nitrogens with zero attached hydrogens (tertiary/aromatic N) is 3. The summed E-state index contributed by atoms with van der Waals surface area (Å²) in [5, 5.41) is 0. The van der Waals surface area contributed by atoms with Gasteiger partial charge in [0, 0.05) is 37.1 Å². The molecule has 0 fully saturated rings. The minimum Gasteiger partial charge on any atom is -0.493 e. The lowest BCUT2D eigenvalue weighted by atomic mass is 9.99. The summed E-state index contributed by atoms with van der Waals surface area (Å²) in [6.07, 6.45) is 3.01. The van der Waals surface area contributed by atoms with Gasteiger partial charge in [0.15, 0.2) is 11.5 Å². The van der Waals surface area contributed by atoms with Crippen LogP contribution in [0.25, 0.3) is 16.9 Å². The molecule has 0 amide bonds. The van der Waals surface area contributed by atoms with Crippen LogP contribution in [0.1, 0.15) is 16.8 Å². The monoisotopic (exact) mass is 414 g/mol. The van der Waals surface area contributed by atoms with E-state index in [2.05, 4.69) is 33.6 Å². The van der Waals surface area contributed by atoms with E-state index in [9.17, 15) is 0 Å². The van der Waals surface area contributed by atoms with Crippen LogP contribution >= 0.6 is 0 Å². The molecular formula is C25H26N4O2. The van der Waals surface area contributed by atoms with Crippen LogP contribution in [-0.4, -0.2) is 35.0 Å². The molecule has 2 aromatic carbocycles. The lowest BCUT2D eigenvalue weighted by molar-refractivity contribution is 0.242. The van der Waals surface area contributed by atoms with Crippen LogP contribution in [-0.2, 0) is 19.5 Å². The van der Waals surface area contributed by atoms with Crippen molar-refractivity contribution in [1.29, 1.82) is 0 Å². The van der Waals surface area contributed by atoms with Gasteiger partial charge in [-0.1, -0.05) is 24.3 Å². The quantitative estimate of drug-likeness (QED) is 0.531. The summed E-state index contributed by atoms with van der Waals surface area (Å²) in [6, 6.07) is 18.5. The van der Waals surface area contributed by atoms with Crippen LogP contribution in [0.15, 0.2) is 60.8 Å². The van der Waals surface area contributed by atoms with Crippen molar-refractivity contribution in [2.75, 3.05) is 26.5 Å². The number of anilines is 1. The van der Waals surface area contributed by atoms with Crippen molar-refractivity contribution in [2.24, 2.45) is 0 Å². The van der Waals surface area contributed by atoms with Gasteiger partial charge in [0.1, 0.15) is 5.65 Å². The predicted molar refractivity (Wildman–Crippen MR) is 122 cm³/mol. The Hall–Kier alpha value is -3.51. The molecular weight excluding hydrogens is 388 g/mol. The summed E-state index contributed by atoms with van der Waals surface area (Å²) in [7, 11) is 3.29. The van der Waals surface area contributed by atoms with E-state index < -0.39 is 0 Å². The molecule has 31 heavy (non-hydrogen) atoms. The molecule has 6 nitrogen and oxygen atoms in total. The SMILES string of the molecule is COc1ccc(-c2nc3ccc(N)cn3c2CN2CCc3ccccc3C2)cc1OC. The number of nitrogens with two attached hydrogens (primary N) is 1. The molecule has 0 spiro atoms. The van der Waals surface area contributed by atoms with Crippen LogP contribution < -0.4 is 15.2 Å². The summed E-state index contributed by atoms with van der Waals surface area (Å²) < 4.78 is 13.1. The van der Waals surface area contributed by atoms with Crippen molar-refractivity contribution in [1.82, 2.24) is 14.3 Å². The van der Waals surface area contributed by atoms with E-state index in [4.69, 9.17) is 20.2 Å². The molecule has 3 heterocycles. The van der Waals surface area contributed by atoms with E-state index >= 15 is 0 Å². The van der Waals surface area contributed by atoms with Gasteiger partial charge in [0.05, 0.1) is 25.6 Å². The van der Waals surface area contributed by atoms with Gasteiger partial charge in [-0.2, -0.15) is 0 Å². The Kier molecular flexibility index (Phi) is 5.00. The number of ether oxygens (including phenoxy) is 2. The highest BCUT2D eigenvalue weighted by Crippen LogP contribution is 2.34. The van der Waals surface area contributed by atoms with Gasteiger partial charge in [-0.3, -0.25) is 4.90 Å². The number of imidazole rings is 1. The van der Waals surface area contributed by atoms with Gasteiger partial charge in [-0.25, -0.2) is 4.98 Å². The maximum absolute atomic E-state index is 6.12. The highest BCUT2D eigenvalue weighted by Gasteiger charge is 2.21. The third-order valence-corrected chi connectivity index (χ3v) is 5.98. The lowest BCUT2D eigenvalue weighted by Crippen LogP contribution is -2.30. The molecule has 6 heteroatoms. The van der Waals surface area contributed by atoms with Gasteiger partial charge in [-0.15, -0.1) is 0 Å². The van der Waals surface area contributed by atoms with Gasteiger partial charge in [0.2, 0.25) is 0 Å². The number of hydrogen-bond donors (Lipinski definition) is 1. The van der Waals surface area contributed by atoms with E-state index in [0.717, 1.165) is 48.7 Å². The molecule has 0 unspecified atom stereocenters. The Morgan fingerprint density at radius 2 is 1.77 bits per heavy atom. The van der Waals surface area contributed by atoms with Crippen molar-refractivity contribution in [3.63, 3.8) is 0 Å². The largest absolute Gasteiger partial charge is 0.493 e. The third-order valence-electron chi connectivity index (χ3n) is 5.98. The molecule has 1 aliphatic rings. The van der Waals surface area contributed by atoms with Crippen LogP contribution in [0, 0.1) is 0 Å². The lowest BCUT2D eigenvalue weighted by Gasteiger charge is -2.28. The topological polar surface area (TPSA) is 65.0 Å². The normalized spacial score (nSPS) is 13.9. The van der Waals surface area contributed by atoms with Crippen LogP contribution in [0.5, 0.6) is 11.5 Å². The maximum atomic E-state index is 6.12. The number of nitrogen functional groups attached to an aromatic ring is 1. The smallest absolute Gasteiger partial charge is 0.161 e. The number of benzene rings is 2. The predicted octanol–water partition coefficient (Wildman–Crippen LogP) is 4.16. The molecule has 0 radical (unpaired) electrons. The maximum Gasteiger partial charge on any atom is 0.161 e. The van der Waals surface area contributed by atoms with E-state index in [0.29, 0.717) is 17.2 Å². The first-order valence-electron chi connectivity index (χ1n) is 10.4. The van der Waals surface area contributed by atoms with E-state index in [-0.39, 0.29) is 0 Å². The number of pyridine rings is 1. The highest BCUT2D eigenvalue weighted by atomic mass is 16.5. The second kappa shape index (κ2) is 7.96. The highest BCUT2D eigenvalue weighted by molar-refractivity contribution is 5.70. The number of methoxy groups -OCH3 is 2. The molecule has 0 bridgehead atoms. The average molecular weight is 415 g/mol. The number of hydrogen-bond acceptors (Lipinski definition) is 5. The second-order valence-electron chi connectivity index (χ2n) is 7.90. The molecule has 0 atom stereocenters. The van der Waals surface area contributed by atoms with Gasteiger partial charge in [-0.05, 0) is 47.9 Å². The molecule has 4 aromatic rings. The molecule has 2 aromatic heterocycles. The first-order chi connectivity index (χ1) is 15.2. The van der Waals surface area contributed by atoms with E-state index in [1.54, 1.807) is 14.2 Å². The van der Waals surface area contributed by atoms with Crippen LogP contribution in [0.2, 0.25) is 0 Å². The van der Waals surface area contributed by atoms with Crippen molar-refractivity contribution < 1.29 is 9.47 Å². The zero-order valence-electron chi connectivity index (χ0n) is 17.8. The Balaban J connectivity index is 1.58. The van der Waals surface area contributed by atoms with Crippen LogP contribution in [0.3, 0.4) is 0 Å². The van der Waals surface area contributed by atoms with E-state index in [1.807, 2.05) is 36.5 Å². The Morgan fingerprint density at radius 3 is 2.58 bits per heavy atom. The number of aromatic nitrogens is 2. The minimum atomic E-state index is 0.689. The number of fused-ring (bicyclic) bond motifs is 2. The van der Waals surface area contributed by atoms with Crippen LogP contribution in [0.4, 0.5) is 5.69 Å². The molecule has 5 rings (SSSR count). The van der Waals surface area contributed by atoms with Gasteiger partial charge < -0.3 is 19.6 Å².